The molecule has 4 unspecified atom stereocenters. The molecule has 3 heteroatoms. The number of rotatable bonds is 5. The highest BCUT2D eigenvalue weighted by Gasteiger charge is 2.32. The molecular formula is C15H30N2O. The largest absolute Gasteiger partial charge is 0.395 e. The van der Waals surface area contributed by atoms with Crippen LogP contribution in [0.4, 0.5) is 0 Å². The van der Waals surface area contributed by atoms with Crippen LogP contribution in [-0.4, -0.2) is 41.8 Å². The molecule has 0 aromatic carbocycles. The van der Waals surface area contributed by atoms with E-state index in [-0.39, 0.29) is 0 Å². The van der Waals surface area contributed by atoms with Crippen molar-refractivity contribution in [3.8, 4) is 0 Å². The van der Waals surface area contributed by atoms with Crippen molar-refractivity contribution in [1.82, 2.24) is 4.90 Å². The van der Waals surface area contributed by atoms with Crippen LogP contribution in [-0.2, 0) is 0 Å². The highest BCUT2D eigenvalue weighted by molar-refractivity contribution is 4.88. The van der Waals surface area contributed by atoms with Crippen LogP contribution in [0.3, 0.4) is 0 Å². The first-order chi connectivity index (χ1) is 8.74. The Labute approximate surface area is 112 Å². The number of aliphatic hydroxyl groups is 1. The zero-order valence-corrected chi connectivity index (χ0v) is 11.9. The lowest BCUT2D eigenvalue weighted by Gasteiger charge is -2.37. The van der Waals surface area contributed by atoms with E-state index in [0.29, 0.717) is 24.6 Å². The van der Waals surface area contributed by atoms with Crippen LogP contribution in [0.1, 0.15) is 51.9 Å². The van der Waals surface area contributed by atoms with Crippen molar-refractivity contribution in [3.05, 3.63) is 0 Å². The highest BCUT2D eigenvalue weighted by atomic mass is 16.3. The van der Waals surface area contributed by atoms with Crippen molar-refractivity contribution in [3.63, 3.8) is 0 Å². The molecule has 1 heterocycles. The first-order valence-corrected chi connectivity index (χ1v) is 7.85. The molecule has 0 aromatic heterocycles. The van der Waals surface area contributed by atoms with Gasteiger partial charge < -0.3 is 10.8 Å². The fourth-order valence-corrected chi connectivity index (χ4v) is 3.91. The lowest BCUT2D eigenvalue weighted by molar-refractivity contribution is 0.111. The fraction of sp³-hybridized carbons (Fsp3) is 1.00. The molecule has 0 radical (unpaired) electrons. The maximum atomic E-state index is 9.40. The molecule has 2 fully saturated rings. The molecule has 3 N–H and O–H groups in total. The van der Waals surface area contributed by atoms with Crippen LogP contribution in [0.2, 0.25) is 0 Å². The van der Waals surface area contributed by atoms with Crippen LogP contribution in [0.5, 0.6) is 0 Å². The molecule has 3 nitrogen and oxygen atoms in total. The molecule has 4 atom stereocenters. The summed E-state index contributed by atoms with van der Waals surface area (Å²) in [6.45, 7) is 4.88. The number of hydrogen-bond donors (Lipinski definition) is 2. The highest BCUT2D eigenvalue weighted by Crippen LogP contribution is 2.33. The van der Waals surface area contributed by atoms with Gasteiger partial charge in [0.05, 0.1) is 6.61 Å². The summed E-state index contributed by atoms with van der Waals surface area (Å²) in [5.41, 5.74) is 6.31. The summed E-state index contributed by atoms with van der Waals surface area (Å²) in [4.78, 5) is 2.48. The average molecular weight is 254 g/mol. The number of aliphatic hydroxyl groups excluding tert-OH is 1. The van der Waals surface area contributed by atoms with Crippen molar-refractivity contribution in [2.45, 2.75) is 64.0 Å². The molecule has 106 valence electrons. The number of nitrogens with zero attached hydrogens (tertiary/aromatic N) is 1. The Bertz CT molecular complexity index is 247. The Morgan fingerprint density at radius 2 is 2.11 bits per heavy atom. The van der Waals surface area contributed by atoms with Gasteiger partial charge in [0.25, 0.3) is 0 Å². The second-order valence-corrected chi connectivity index (χ2v) is 6.37. The summed E-state index contributed by atoms with van der Waals surface area (Å²) in [6.07, 6.45) is 8.91. The van der Waals surface area contributed by atoms with E-state index in [1.165, 1.54) is 38.5 Å². The molecule has 1 aliphatic carbocycles. The molecular weight excluding hydrogens is 224 g/mol. The molecule has 2 aliphatic rings. The van der Waals surface area contributed by atoms with E-state index < -0.39 is 0 Å². The van der Waals surface area contributed by atoms with Crippen LogP contribution in [0.15, 0.2) is 0 Å². The third-order valence-electron chi connectivity index (χ3n) is 5.03. The van der Waals surface area contributed by atoms with Crippen molar-refractivity contribution < 1.29 is 5.11 Å². The predicted molar refractivity (Wildman–Crippen MR) is 75.4 cm³/mol. The van der Waals surface area contributed by atoms with Crippen molar-refractivity contribution in [2.75, 3.05) is 19.7 Å². The number of nitrogens with two attached hydrogens (primary N) is 1. The van der Waals surface area contributed by atoms with E-state index in [1.807, 2.05) is 0 Å². The second kappa shape index (κ2) is 6.88. The molecule has 0 aromatic rings. The molecule has 0 spiro atoms. The Balaban J connectivity index is 1.86. The van der Waals surface area contributed by atoms with Crippen molar-refractivity contribution >= 4 is 0 Å². The summed E-state index contributed by atoms with van der Waals surface area (Å²) < 4.78 is 0. The van der Waals surface area contributed by atoms with Crippen molar-refractivity contribution in [1.29, 1.82) is 0 Å². The first kappa shape index (κ1) is 14.3. The third kappa shape index (κ3) is 3.46. The summed E-state index contributed by atoms with van der Waals surface area (Å²) >= 11 is 0. The molecule has 1 saturated carbocycles. The second-order valence-electron chi connectivity index (χ2n) is 6.37. The lowest BCUT2D eigenvalue weighted by atomic mass is 9.76. The smallest absolute Gasteiger partial charge is 0.0586 e. The van der Waals surface area contributed by atoms with E-state index in [9.17, 15) is 5.11 Å². The Hall–Kier alpha value is -0.120. The van der Waals surface area contributed by atoms with Crippen LogP contribution in [0.25, 0.3) is 0 Å². The fourth-order valence-electron chi connectivity index (χ4n) is 3.91. The molecule has 18 heavy (non-hydrogen) atoms. The van der Waals surface area contributed by atoms with E-state index >= 15 is 0 Å². The quantitative estimate of drug-likeness (QED) is 0.789. The van der Waals surface area contributed by atoms with Crippen molar-refractivity contribution in [2.24, 2.45) is 17.6 Å². The summed E-state index contributed by atoms with van der Waals surface area (Å²) in [5.74, 6) is 1.55. The molecule has 2 rings (SSSR count). The molecule has 1 aliphatic heterocycles. The van der Waals surface area contributed by atoms with E-state index in [0.717, 1.165) is 25.4 Å². The molecule has 0 amide bonds. The van der Waals surface area contributed by atoms with Gasteiger partial charge in [-0.1, -0.05) is 19.8 Å². The Kier molecular flexibility index (Phi) is 5.46. The number of likely N-dealkylation sites (tertiary alicyclic amines) is 1. The van der Waals surface area contributed by atoms with Gasteiger partial charge in [-0.25, -0.2) is 0 Å². The summed E-state index contributed by atoms with van der Waals surface area (Å²) in [7, 11) is 0. The first-order valence-electron chi connectivity index (χ1n) is 7.85. The Morgan fingerprint density at radius 3 is 2.83 bits per heavy atom. The van der Waals surface area contributed by atoms with Crippen LogP contribution in [0, 0.1) is 11.8 Å². The summed E-state index contributed by atoms with van der Waals surface area (Å²) in [5, 5.41) is 9.40. The van der Waals surface area contributed by atoms with Gasteiger partial charge in [-0.2, -0.15) is 0 Å². The number of hydrogen-bond acceptors (Lipinski definition) is 3. The zero-order chi connectivity index (χ0) is 13.0. The monoisotopic (exact) mass is 254 g/mol. The average Bonchev–Trinajstić information content (AvgIpc) is 2.81. The summed E-state index contributed by atoms with van der Waals surface area (Å²) in [6, 6.07) is 0.793. The molecule has 0 bridgehead atoms. The van der Waals surface area contributed by atoms with Gasteiger partial charge in [0, 0.05) is 18.6 Å². The normalized spacial score (nSPS) is 38.2. The molecule has 1 saturated heterocycles. The minimum atomic E-state index is 0.320. The topological polar surface area (TPSA) is 49.5 Å². The minimum Gasteiger partial charge on any atom is -0.395 e. The van der Waals surface area contributed by atoms with E-state index in [1.54, 1.807) is 0 Å². The maximum Gasteiger partial charge on any atom is 0.0586 e. The third-order valence-corrected chi connectivity index (χ3v) is 5.03. The van der Waals surface area contributed by atoms with Crippen LogP contribution < -0.4 is 5.73 Å². The van der Waals surface area contributed by atoms with Gasteiger partial charge in [-0.3, -0.25) is 4.90 Å². The van der Waals surface area contributed by atoms with Crippen LogP contribution >= 0.6 is 0 Å². The van der Waals surface area contributed by atoms with Gasteiger partial charge >= 0.3 is 0 Å². The van der Waals surface area contributed by atoms with E-state index in [4.69, 9.17) is 5.73 Å². The Morgan fingerprint density at radius 1 is 1.28 bits per heavy atom. The van der Waals surface area contributed by atoms with Gasteiger partial charge in [0.15, 0.2) is 0 Å². The van der Waals surface area contributed by atoms with Gasteiger partial charge in [0.1, 0.15) is 0 Å². The lowest BCUT2D eigenvalue weighted by Crippen LogP contribution is -2.45. The van der Waals surface area contributed by atoms with Gasteiger partial charge in [0.2, 0.25) is 0 Å². The SMILES string of the molecule is CCCC1CCC(N)C(CN2CCCC2CO)C1. The van der Waals surface area contributed by atoms with Gasteiger partial charge in [-0.15, -0.1) is 0 Å². The maximum absolute atomic E-state index is 9.40. The predicted octanol–water partition coefficient (Wildman–Crippen LogP) is 1.99. The standard InChI is InChI=1S/C15H30N2O/c1-2-4-12-6-7-15(16)13(9-12)10-17-8-3-5-14(17)11-18/h12-15,18H,2-11,16H2,1H3. The van der Waals surface area contributed by atoms with Gasteiger partial charge in [-0.05, 0) is 50.5 Å². The van der Waals surface area contributed by atoms with E-state index in [2.05, 4.69) is 11.8 Å². The zero-order valence-electron chi connectivity index (χ0n) is 11.9. The minimum absolute atomic E-state index is 0.320.